The van der Waals surface area contributed by atoms with Gasteiger partial charge in [-0.3, -0.25) is 14.5 Å². The first-order chi connectivity index (χ1) is 9.15. The topological polar surface area (TPSA) is 78.5 Å². The van der Waals surface area contributed by atoms with E-state index in [1.54, 1.807) is 0 Å². The molecule has 1 aliphatic rings. The van der Waals surface area contributed by atoms with E-state index in [1.165, 1.54) is 17.1 Å². The summed E-state index contributed by atoms with van der Waals surface area (Å²) >= 11 is 0. The first-order valence-electron chi connectivity index (χ1n) is 6.70. The van der Waals surface area contributed by atoms with Gasteiger partial charge >= 0.3 is 6.03 Å². The van der Waals surface area contributed by atoms with Crippen molar-refractivity contribution in [3.63, 3.8) is 0 Å². The predicted molar refractivity (Wildman–Crippen MR) is 71.4 cm³/mol. The number of urea groups is 1. The molecule has 1 rings (SSSR count). The fourth-order valence-electron chi connectivity index (χ4n) is 1.73. The summed E-state index contributed by atoms with van der Waals surface area (Å²) in [6, 6.07) is -0.143. The molecule has 0 spiro atoms. The van der Waals surface area contributed by atoms with Gasteiger partial charge in [-0.1, -0.05) is 6.92 Å². The van der Waals surface area contributed by atoms with Crippen molar-refractivity contribution in [1.29, 1.82) is 0 Å². The maximum atomic E-state index is 11.2. The van der Waals surface area contributed by atoms with Gasteiger partial charge < -0.3 is 10.6 Å². The summed E-state index contributed by atoms with van der Waals surface area (Å²) in [5.74, 6) is -0.468. The van der Waals surface area contributed by atoms with Crippen LogP contribution in [0.5, 0.6) is 0 Å². The van der Waals surface area contributed by atoms with E-state index in [0.29, 0.717) is 19.6 Å². The molecule has 0 radical (unpaired) electrons. The van der Waals surface area contributed by atoms with Crippen molar-refractivity contribution in [2.24, 2.45) is 0 Å². The highest BCUT2D eigenvalue weighted by atomic mass is 16.2. The SMILES string of the molecule is CCCNC(=O)NCCCCCN1C(=O)C=CC1=O. The number of carbonyl (C=O) groups is 3. The van der Waals surface area contributed by atoms with Crippen molar-refractivity contribution in [3.8, 4) is 0 Å². The zero-order chi connectivity index (χ0) is 14.1. The van der Waals surface area contributed by atoms with Crippen molar-refractivity contribution in [1.82, 2.24) is 15.5 Å². The molecule has 0 aromatic carbocycles. The van der Waals surface area contributed by atoms with Crippen LogP contribution in [0.3, 0.4) is 0 Å². The van der Waals surface area contributed by atoms with Gasteiger partial charge in [-0.05, 0) is 25.7 Å². The highest BCUT2D eigenvalue weighted by Gasteiger charge is 2.21. The molecule has 0 saturated carbocycles. The normalized spacial score (nSPS) is 14.1. The van der Waals surface area contributed by atoms with Gasteiger partial charge in [0, 0.05) is 31.8 Å². The van der Waals surface area contributed by atoms with Crippen LogP contribution >= 0.6 is 0 Å². The Kier molecular flexibility index (Phi) is 6.63. The second-order valence-electron chi connectivity index (χ2n) is 4.40. The standard InChI is InChI=1S/C13H21N3O3/c1-2-8-14-13(19)15-9-4-3-5-10-16-11(17)6-7-12(16)18/h6-7H,2-5,8-10H2,1H3,(H2,14,15,19). The molecule has 2 N–H and O–H groups in total. The minimum Gasteiger partial charge on any atom is -0.338 e. The van der Waals surface area contributed by atoms with Crippen LogP contribution in [0.2, 0.25) is 0 Å². The summed E-state index contributed by atoms with van der Waals surface area (Å²) in [5.41, 5.74) is 0. The van der Waals surface area contributed by atoms with Crippen molar-refractivity contribution in [3.05, 3.63) is 12.2 Å². The third-order valence-corrected chi connectivity index (χ3v) is 2.78. The predicted octanol–water partition coefficient (Wildman–Crippen LogP) is 0.791. The fourth-order valence-corrected chi connectivity index (χ4v) is 1.73. The van der Waals surface area contributed by atoms with Crippen LogP contribution in [-0.2, 0) is 9.59 Å². The maximum absolute atomic E-state index is 11.2. The van der Waals surface area contributed by atoms with Gasteiger partial charge in [0.1, 0.15) is 0 Å². The maximum Gasteiger partial charge on any atom is 0.314 e. The molecule has 0 atom stereocenters. The van der Waals surface area contributed by atoms with Gasteiger partial charge in [0.2, 0.25) is 0 Å². The lowest BCUT2D eigenvalue weighted by Gasteiger charge is -2.13. The number of hydrogen-bond donors (Lipinski definition) is 2. The van der Waals surface area contributed by atoms with Gasteiger partial charge in [0.05, 0.1) is 0 Å². The third kappa shape index (κ3) is 5.54. The Labute approximate surface area is 113 Å². The van der Waals surface area contributed by atoms with Gasteiger partial charge in [0.25, 0.3) is 11.8 Å². The lowest BCUT2D eigenvalue weighted by molar-refractivity contribution is -0.136. The second-order valence-corrected chi connectivity index (χ2v) is 4.40. The average molecular weight is 267 g/mol. The van der Waals surface area contributed by atoms with Crippen molar-refractivity contribution >= 4 is 17.8 Å². The van der Waals surface area contributed by atoms with E-state index in [1.807, 2.05) is 6.92 Å². The third-order valence-electron chi connectivity index (χ3n) is 2.78. The minimum absolute atomic E-state index is 0.143. The smallest absolute Gasteiger partial charge is 0.314 e. The summed E-state index contributed by atoms with van der Waals surface area (Å²) < 4.78 is 0. The van der Waals surface area contributed by atoms with E-state index in [2.05, 4.69) is 10.6 Å². The molecule has 0 aromatic heterocycles. The minimum atomic E-state index is -0.234. The molecule has 19 heavy (non-hydrogen) atoms. The van der Waals surface area contributed by atoms with E-state index >= 15 is 0 Å². The molecule has 4 amide bonds. The van der Waals surface area contributed by atoms with Gasteiger partial charge in [0.15, 0.2) is 0 Å². The Morgan fingerprint density at radius 1 is 1.05 bits per heavy atom. The van der Waals surface area contributed by atoms with Gasteiger partial charge in [-0.2, -0.15) is 0 Å². The zero-order valence-electron chi connectivity index (χ0n) is 11.3. The fraction of sp³-hybridized carbons (Fsp3) is 0.615. The Hall–Kier alpha value is -1.85. The first kappa shape index (κ1) is 15.2. The summed E-state index contributed by atoms with van der Waals surface area (Å²) in [7, 11) is 0. The van der Waals surface area contributed by atoms with E-state index in [9.17, 15) is 14.4 Å². The van der Waals surface area contributed by atoms with E-state index in [4.69, 9.17) is 0 Å². The first-order valence-corrected chi connectivity index (χ1v) is 6.70. The van der Waals surface area contributed by atoms with Crippen LogP contribution < -0.4 is 10.6 Å². The van der Waals surface area contributed by atoms with Gasteiger partial charge in [-0.15, -0.1) is 0 Å². The number of amides is 4. The number of hydrogen-bond acceptors (Lipinski definition) is 3. The molecule has 0 unspecified atom stereocenters. The number of nitrogens with zero attached hydrogens (tertiary/aromatic N) is 1. The summed E-state index contributed by atoms with van der Waals surface area (Å²) in [6.07, 6.45) is 5.97. The highest BCUT2D eigenvalue weighted by Crippen LogP contribution is 2.06. The van der Waals surface area contributed by atoms with Crippen molar-refractivity contribution < 1.29 is 14.4 Å². The monoisotopic (exact) mass is 267 g/mol. The molecule has 0 bridgehead atoms. The van der Waals surface area contributed by atoms with E-state index < -0.39 is 0 Å². The molecular formula is C13H21N3O3. The largest absolute Gasteiger partial charge is 0.338 e. The molecule has 1 heterocycles. The molecule has 6 nitrogen and oxygen atoms in total. The Morgan fingerprint density at radius 3 is 2.32 bits per heavy atom. The Balaban J connectivity index is 1.98. The van der Waals surface area contributed by atoms with Crippen LogP contribution in [0.1, 0.15) is 32.6 Å². The molecule has 0 saturated heterocycles. The van der Waals surface area contributed by atoms with Crippen LogP contribution in [-0.4, -0.2) is 42.4 Å². The van der Waals surface area contributed by atoms with Crippen LogP contribution in [0, 0.1) is 0 Å². The quantitative estimate of drug-likeness (QED) is 0.504. The zero-order valence-corrected chi connectivity index (χ0v) is 11.3. The van der Waals surface area contributed by atoms with Gasteiger partial charge in [-0.25, -0.2) is 4.79 Å². The number of rotatable bonds is 8. The second kappa shape index (κ2) is 8.29. The van der Waals surface area contributed by atoms with Crippen molar-refractivity contribution in [2.45, 2.75) is 32.6 Å². The summed E-state index contributed by atoms with van der Waals surface area (Å²) in [5, 5.41) is 5.48. The summed E-state index contributed by atoms with van der Waals surface area (Å²) in [4.78, 5) is 34.9. The lowest BCUT2D eigenvalue weighted by Crippen LogP contribution is -2.36. The Bertz CT molecular complexity index is 348. The molecule has 1 aliphatic heterocycles. The number of imide groups is 1. The average Bonchev–Trinajstić information content (AvgIpc) is 2.71. The molecule has 0 aliphatic carbocycles. The van der Waals surface area contributed by atoms with Crippen LogP contribution in [0.15, 0.2) is 12.2 Å². The number of carbonyl (C=O) groups excluding carboxylic acids is 3. The molecule has 106 valence electrons. The Morgan fingerprint density at radius 2 is 1.68 bits per heavy atom. The van der Waals surface area contributed by atoms with E-state index in [0.717, 1.165) is 25.7 Å². The van der Waals surface area contributed by atoms with Crippen molar-refractivity contribution in [2.75, 3.05) is 19.6 Å². The highest BCUT2D eigenvalue weighted by molar-refractivity contribution is 6.12. The molecular weight excluding hydrogens is 246 g/mol. The van der Waals surface area contributed by atoms with Crippen LogP contribution in [0.4, 0.5) is 4.79 Å². The molecule has 6 heteroatoms. The number of unbranched alkanes of at least 4 members (excludes halogenated alkanes) is 2. The van der Waals surface area contributed by atoms with E-state index in [-0.39, 0.29) is 17.8 Å². The number of nitrogens with one attached hydrogen (secondary N) is 2. The lowest BCUT2D eigenvalue weighted by atomic mass is 10.2. The molecule has 0 aromatic rings. The van der Waals surface area contributed by atoms with Crippen LogP contribution in [0.25, 0.3) is 0 Å². The summed E-state index contributed by atoms with van der Waals surface area (Å²) in [6.45, 7) is 3.73. The molecule has 0 fully saturated rings.